The largest absolute Gasteiger partial charge is 0.493 e. The Kier molecular flexibility index (Phi) is 9.89. The number of ether oxygens (including phenoxy) is 4. The zero-order valence-corrected chi connectivity index (χ0v) is 24.0. The summed E-state index contributed by atoms with van der Waals surface area (Å²) in [6.45, 7) is 5.53. The predicted octanol–water partition coefficient (Wildman–Crippen LogP) is 5.02. The van der Waals surface area contributed by atoms with Crippen LogP contribution in [-0.4, -0.2) is 55.5 Å². The van der Waals surface area contributed by atoms with Crippen LogP contribution in [0.4, 0.5) is 14.9 Å². The molecule has 2 aromatic rings. The number of benzene rings is 2. The van der Waals surface area contributed by atoms with Gasteiger partial charge in [-0.05, 0) is 69.7 Å². The Morgan fingerprint density at radius 1 is 1.25 bits per heavy atom. The molecule has 1 unspecified atom stereocenters. The molecule has 2 aromatic carbocycles. The van der Waals surface area contributed by atoms with Crippen molar-refractivity contribution in [3.05, 3.63) is 52.3 Å². The Morgan fingerprint density at radius 2 is 1.98 bits per heavy atom. The molecule has 0 saturated carbocycles. The Hall–Kier alpha value is -3.95. The molecule has 1 atom stereocenters. The Bertz CT molecular complexity index is 1410. The summed E-state index contributed by atoms with van der Waals surface area (Å²) in [5.41, 5.74) is 6.27. The van der Waals surface area contributed by atoms with Crippen LogP contribution in [0.2, 0.25) is 0 Å². The topological polar surface area (TPSA) is 146 Å². The summed E-state index contributed by atoms with van der Waals surface area (Å²) in [6.07, 6.45) is 1.76. The lowest BCUT2D eigenvalue weighted by Crippen LogP contribution is -2.32. The highest BCUT2D eigenvalue weighted by Gasteiger charge is 2.29. The zero-order chi connectivity index (χ0) is 29.6. The first-order chi connectivity index (χ1) is 18.9. The van der Waals surface area contributed by atoms with Crippen molar-refractivity contribution in [3.63, 3.8) is 0 Å². The van der Waals surface area contributed by atoms with E-state index in [1.807, 2.05) is 6.07 Å². The summed E-state index contributed by atoms with van der Waals surface area (Å²) in [7, 11) is 2.61. The summed E-state index contributed by atoms with van der Waals surface area (Å²) in [4.78, 5) is 33.4. The van der Waals surface area contributed by atoms with Crippen LogP contribution in [0.1, 0.15) is 55.5 Å². The Morgan fingerprint density at radius 3 is 2.58 bits per heavy atom. The first kappa shape index (κ1) is 30.6. The molecule has 0 radical (unpaired) electrons. The standard InChI is InChI=1S/C28H31FN4O6S/c1-28(2,3)39-26(34)22(31)18-12-16(10-9-15(18)14-30)32-23(25(40-6)33-27(35)37-5)19-13-20(36-4)24-17(21(19)29)8-7-11-38-24/h9-10,12-13,22H,7-8,11,31H2,1-6H3/b32-23+,33-25-. The fourth-order valence-electron chi connectivity index (χ4n) is 3.95. The van der Waals surface area contributed by atoms with Gasteiger partial charge in [0, 0.05) is 11.1 Å². The summed E-state index contributed by atoms with van der Waals surface area (Å²) in [6, 6.07) is 6.57. The molecule has 0 spiro atoms. The summed E-state index contributed by atoms with van der Waals surface area (Å²) < 4.78 is 37.2. The number of halogens is 1. The number of thioether (sulfide) groups is 1. The van der Waals surface area contributed by atoms with Crippen molar-refractivity contribution >= 4 is 40.3 Å². The van der Waals surface area contributed by atoms with E-state index in [2.05, 4.69) is 9.98 Å². The van der Waals surface area contributed by atoms with E-state index < -0.39 is 29.5 Å². The van der Waals surface area contributed by atoms with E-state index >= 15 is 4.39 Å². The smallest absolute Gasteiger partial charge is 0.434 e. The first-order valence-corrected chi connectivity index (χ1v) is 13.5. The molecule has 1 amide bonds. The average molecular weight is 571 g/mol. The van der Waals surface area contributed by atoms with E-state index in [0.29, 0.717) is 36.5 Å². The van der Waals surface area contributed by atoms with Crippen LogP contribution in [0.15, 0.2) is 34.3 Å². The van der Waals surface area contributed by atoms with Gasteiger partial charge in [0.05, 0.1) is 38.1 Å². The number of hydrogen-bond acceptors (Lipinski definition) is 10. The summed E-state index contributed by atoms with van der Waals surface area (Å²) in [5.74, 6) is -0.716. The maximum Gasteiger partial charge on any atom is 0.434 e. The Balaban J connectivity index is 2.26. The lowest BCUT2D eigenvalue weighted by atomic mass is 9.98. The number of nitrogens with two attached hydrogens (primary N) is 1. The SMILES string of the molecule is COC(=O)/N=C(SC)/C(=N/c1ccc(C#N)c(C(N)C(=O)OC(C)(C)C)c1)c1cc(OC)c2c(c1F)CCCO2. The number of carbonyl (C=O) groups excluding carboxylic acids is 2. The molecular formula is C28H31FN4O6S. The van der Waals surface area contributed by atoms with Crippen molar-refractivity contribution in [3.8, 4) is 17.6 Å². The normalized spacial score (nSPS) is 14.4. The van der Waals surface area contributed by atoms with E-state index in [1.54, 1.807) is 27.0 Å². The van der Waals surface area contributed by atoms with Gasteiger partial charge in [0.1, 0.15) is 28.2 Å². The van der Waals surface area contributed by atoms with Gasteiger partial charge in [-0.1, -0.05) is 0 Å². The molecule has 1 aliphatic heterocycles. The van der Waals surface area contributed by atoms with Crippen LogP contribution >= 0.6 is 11.8 Å². The second kappa shape index (κ2) is 12.9. The number of fused-ring (bicyclic) bond motifs is 1. The molecule has 0 fully saturated rings. The molecular weight excluding hydrogens is 539 g/mol. The van der Waals surface area contributed by atoms with Gasteiger partial charge in [-0.25, -0.2) is 19.0 Å². The first-order valence-electron chi connectivity index (χ1n) is 12.3. The molecule has 212 valence electrons. The van der Waals surface area contributed by atoms with Crippen molar-refractivity contribution in [1.29, 1.82) is 5.26 Å². The number of rotatable bonds is 6. The number of methoxy groups -OCH3 is 2. The lowest BCUT2D eigenvalue weighted by Gasteiger charge is -2.23. The maximum absolute atomic E-state index is 16.0. The second-order valence-electron chi connectivity index (χ2n) is 9.65. The molecule has 10 nitrogen and oxygen atoms in total. The van der Waals surface area contributed by atoms with Crippen LogP contribution < -0.4 is 15.2 Å². The third-order valence-corrected chi connectivity index (χ3v) is 6.39. The molecule has 3 rings (SSSR count). The van der Waals surface area contributed by atoms with Gasteiger partial charge >= 0.3 is 12.1 Å². The van der Waals surface area contributed by atoms with Crippen LogP contribution in [0, 0.1) is 17.1 Å². The Labute approximate surface area is 236 Å². The third-order valence-electron chi connectivity index (χ3n) is 5.72. The van der Waals surface area contributed by atoms with Gasteiger partial charge in [0.25, 0.3) is 0 Å². The predicted molar refractivity (Wildman–Crippen MR) is 150 cm³/mol. The fourth-order valence-corrected chi connectivity index (χ4v) is 4.46. The minimum absolute atomic E-state index is 0.00331. The minimum atomic E-state index is -1.28. The highest BCUT2D eigenvalue weighted by molar-refractivity contribution is 8.15. The number of hydrogen-bond donors (Lipinski definition) is 1. The molecule has 2 N–H and O–H groups in total. The quantitative estimate of drug-likeness (QED) is 0.287. The van der Waals surface area contributed by atoms with Crippen molar-refractivity contribution in [2.75, 3.05) is 27.1 Å². The zero-order valence-electron chi connectivity index (χ0n) is 23.2. The molecule has 0 saturated heterocycles. The number of aliphatic imine (C=N–C) groups is 2. The highest BCUT2D eigenvalue weighted by Crippen LogP contribution is 2.39. The molecule has 0 aromatic heterocycles. The molecule has 0 aliphatic carbocycles. The number of amides is 1. The van der Waals surface area contributed by atoms with Gasteiger partial charge in [-0.15, -0.1) is 11.8 Å². The number of esters is 1. The average Bonchev–Trinajstić information content (AvgIpc) is 2.93. The maximum atomic E-state index is 16.0. The molecule has 1 aliphatic rings. The van der Waals surface area contributed by atoms with Gasteiger partial charge in [0.2, 0.25) is 0 Å². The minimum Gasteiger partial charge on any atom is -0.493 e. The van der Waals surface area contributed by atoms with Gasteiger partial charge in [-0.2, -0.15) is 10.3 Å². The number of carbonyl (C=O) groups is 2. The molecule has 40 heavy (non-hydrogen) atoms. The van der Waals surface area contributed by atoms with Crippen molar-refractivity contribution in [1.82, 2.24) is 0 Å². The van der Waals surface area contributed by atoms with E-state index in [4.69, 9.17) is 24.7 Å². The number of nitrogens with zero attached hydrogens (tertiary/aromatic N) is 3. The van der Waals surface area contributed by atoms with Crippen LogP contribution in [0.25, 0.3) is 0 Å². The molecule has 0 bridgehead atoms. The summed E-state index contributed by atoms with van der Waals surface area (Å²) >= 11 is 1.05. The van der Waals surface area contributed by atoms with Gasteiger partial charge in [0.15, 0.2) is 11.5 Å². The highest BCUT2D eigenvalue weighted by atomic mass is 32.2. The lowest BCUT2D eigenvalue weighted by molar-refractivity contribution is -0.156. The summed E-state index contributed by atoms with van der Waals surface area (Å²) in [5, 5.41) is 9.71. The van der Waals surface area contributed by atoms with E-state index in [1.165, 1.54) is 38.5 Å². The van der Waals surface area contributed by atoms with Gasteiger partial charge < -0.3 is 24.7 Å². The third kappa shape index (κ3) is 6.97. The second-order valence-corrected chi connectivity index (χ2v) is 10.4. The van der Waals surface area contributed by atoms with E-state index in [-0.39, 0.29) is 33.1 Å². The monoisotopic (exact) mass is 570 g/mol. The number of nitriles is 1. The van der Waals surface area contributed by atoms with E-state index in [0.717, 1.165) is 11.8 Å². The van der Waals surface area contributed by atoms with Crippen molar-refractivity contribution in [2.24, 2.45) is 15.7 Å². The fraction of sp³-hybridized carbons (Fsp3) is 0.393. The van der Waals surface area contributed by atoms with Crippen molar-refractivity contribution in [2.45, 2.75) is 45.3 Å². The van der Waals surface area contributed by atoms with Gasteiger partial charge in [-0.3, -0.25) is 0 Å². The van der Waals surface area contributed by atoms with Crippen LogP contribution in [0.3, 0.4) is 0 Å². The molecule has 1 heterocycles. The van der Waals surface area contributed by atoms with Crippen LogP contribution in [0.5, 0.6) is 11.5 Å². The van der Waals surface area contributed by atoms with Crippen LogP contribution in [-0.2, 0) is 20.7 Å². The van der Waals surface area contributed by atoms with E-state index in [9.17, 15) is 14.9 Å². The molecule has 12 heteroatoms. The van der Waals surface area contributed by atoms with Crippen molar-refractivity contribution < 1.29 is 32.9 Å².